The molecule has 6 heteroatoms. The van der Waals surface area contributed by atoms with Crippen LogP contribution in [0.15, 0.2) is 59.5 Å². The van der Waals surface area contributed by atoms with Crippen LogP contribution in [0.5, 0.6) is 0 Å². The number of carbonyl (C=O) groups excluding carboxylic acids is 1. The second kappa shape index (κ2) is 8.16. The first-order valence-electron chi connectivity index (χ1n) is 8.13. The number of nitrogens with zero attached hydrogens (tertiary/aromatic N) is 1. The highest BCUT2D eigenvalue weighted by Crippen LogP contribution is 2.22. The molecule has 0 aliphatic carbocycles. The average Bonchev–Trinajstić information content (AvgIpc) is 2.61. The van der Waals surface area contributed by atoms with Crippen molar-refractivity contribution in [3.63, 3.8) is 0 Å². The van der Waals surface area contributed by atoms with Gasteiger partial charge in [-0.25, -0.2) is 13.2 Å². The topological polar surface area (TPSA) is 63.7 Å². The maximum Gasteiger partial charge on any atom is 0.338 e. The maximum atomic E-state index is 12.8. The molecule has 0 spiro atoms. The van der Waals surface area contributed by atoms with Crippen LogP contribution in [0.3, 0.4) is 0 Å². The number of carbonyl (C=O) groups is 1. The largest absolute Gasteiger partial charge is 0.462 e. The highest BCUT2D eigenvalue weighted by molar-refractivity contribution is 7.92. The second-order valence-corrected chi connectivity index (χ2v) is 8.12. The summed E-state index contributed by atoms with van der Waals surface area (Å²) < 4.78 is 32.0. The fraction of sp³-hybridized carbons (Fsp3) is 0.316. The zero-order valence-electron chi connectivity index (χ0n) is 14.7. The molecular formula is C19H23NO4S. The van der Waals surface area contributed by atoms with Gasteiger partial charge in [-0.2, -0.15) is 0 Å². The Hall–Kier alpha value is -2.34. The molecule has 2 aromatic carbocycles. The first-order chi connectivity index (χ1) is 11.8. The molecule has 2 rings (SSSR count). The van der Waals surface area contributed by atoms with E-state index in [4.69, 9.17) is 4.74 Å². The van der Waals surface area contributed by atoms with Crippen LogP contribution >= 0.6 is 0 Å². The van der Waals surface area contributed by atoms with E-state index >= 15 is 0 Å². The van der Waals surface area contributed by atoms with E-state index in [0.717, 1.165) is 6.42 Å². The fourth-order valence-electron chi connectivity index (χ4n) is 2.19. The molecule has 0 aliphatic heterocycles. The minimum atomic E-state index is -3.76. The van der Waals surface area contributed by atoms with Crippen molar-refractivity contribution in [3.8, 4) is 0 Å². The lowest BCUT2D eigenvalue weighted by Crippen LogP contribution is -2.26. The van der Waals surface area contributed by atoms with Gasteiger partial charge in [0.15, 0.2) is 0 Å². The van der Waals surface area contributed by atoms with Crippen molar-refractivity contribution >= 4 is 21.7 Å². The van der Waals surface area contributed by atoms with E-state index in [1.165, 1.54) is 23.5 Å². The van der Waals surface area contributed by atoms with E-state index in [0.29, 0.717) is 18.2 Å². The van der Waals surface area contributed by atoms with Crippen molar-refractivity contribution in [2.45, 2.75) is 25.2 Å². The molecular weight excluding hydrogens is 338 g/mol. The zero-order chi connectivity index (χ0) is 18.4. The van der Waals surface area contributed by atoms with E-state index in [2.05, 4.69) is 0 Å². The lowest BCUT2D eigenvalue weighted by molar-refractivity contribution is 0.0488. The van der Waals surface area contributed by atoms with E-state index in [1.54, 1.807) is 36.4 Å². The van der Waals surface area contributed by atoms with Crippen molar-refractivity contribution in [2.75, 3.05) is 18.0 Å². The van der Waals surface area contributed by atoms with Crippen molar-refractivity contribution < 1.29 is 17.9 Å². The molecule has 134 valence electrons. The molecule has 0 radical (unpaired) electrons. The minimum Gasteiger partial charge on any atom is -0.462 e. The lowest BCUT2D eigenvalue weighted by Gasteiger charge is -2.19. The van der Waals surface area contributed by atoms with Gasteiger partial charge in [-0.05, 0) is 42.7 Å². The summed E-state index contributed by atoms with van der Waals surface area (Å²) in [4.78, 5) is 12.2. The third-order valence-electron chi connectivity index (χ3n) is 3.78. The third-order valence-corrected chi connectivity index (χ3v) is 5.56. The molecule has 2 aromatic rings. The summed E-state index contributed by atoms with van der Waals surface area (Å²) in [6, 6.07) is 14.7. The summed E-state index contributed by atoms with van der Waals surface area (Å²) in [5.41, 5.74) is 0.777. The van der Waals surface area contributed by atoms with E-state index in [9.17, 15) is 13.2 Å². The van der Waals surface area contributed by atoms with Gasteiger partial charge >= 0.3 is 5.97 Å². The van der Waals surface area contributed by atoms with Crippen LogP contribution in [0.2, 0.25) is 0 Å². The van der Waals surface area contributed by atoms with Gasteiger partial charge < -0.3 is 4.74 Å². The van der Waals surface area contributed by atoms with E-state index < -0.39 is 16.0 Å². The molecule has 0 fully saturated rings. The Balaban J connectivity index is 2.21. The van der Waals surface area contributed by atoms with Crippen molar-refractivity contribution in [1.29, 1.82) is 0 Å². The molecule has 0 aromatic heterocycles. The first kappa shape index (κ1) is 19.0. The van der Waals surface area contributed by atoms with Crippen LogP contribution in [0.4, 0.5) is 5.69 Å². The number of esters is 1. The zero-order valence-corrected chi connectivity index (χ0v) is 15.5. The summed E-state index contributed by atoms with van der Waals surface area (Å²) in [7, 11) is -2.27. The Kier molecular flexibility index (Phi) is 6.20. The molecule has 0 saturated heterocycles. The smallest absolute Gasteiger partial charge is 0.338 e. The molecule has 0 amide bonds. The van der Waals surface area contributed by atoms with E-state index in [1.807, 2.05) is 19.9 Å². The number of rotatable bonds is 7. The third kappa shape index (κ3) is 4.82. The summed E-state index contributed by atoms with van der Waals surface area (Å²) in [6.45, 7) is 4.40. The van der Waals surface area contributed by atoms with Crippen LogP contribution in [-0.2, 0) is 14.8 Å². The number of hydrogen-bond acceptors (Lipinski definition) is 4. The number of sulfonamides is 1. The molecule has 5 nitrogen and oxygen atoms in total. The summed E-state index contributed by atoms with van der Waals surface area (Å²) in [5.74, 6) is -0.0842. The number of benzene rings is 2. The molecule has 0 bridgehead atoms. The van der Waals surface area contributed by atoms with Crippen molar-refractivity contribution in [2.24, 2.45) is 5.92 Å². The Labute approximate surface area is 149 Å². The molecule has 0 saturated carbocycles. The van der Waals surface area contributed by atoms with Crippen LogP contribution in [-0.4, -0.2) is 28.0 Å². The lowest BCUT2D eigenvalue weighted by atomic mass is 10.1. The Morgan fingerprint density at radius 1 is 1.08 bits per heavy atom. The number of hydrogen-bond donors (Lipinski definition) is 0. The summed E-state index contributed by atoms with van der Waals surface area (Å²) in [6.07, 6.45) is 0.764. The molecule has 0 heterocycles. The monoisotopic (exact) mass is 361 g/mol. The number of para-hydroxylation sites is 1. The first-order valence-corrected chi connectivity index (χ1v) is 9.57. The van der Waals surface area contributed by atoms with Crippen LogP contribution in [0.25, 0.3) is 0 Å². The van der Waals surface area contributed by atoms with Gasteiger partial charge in [0.2, 0.25) is 0 Å². The van der Waals surface area contributed by atoms with Crippen molar-refractivity contribution in [3.05, 3.63) is 60.2 Å². The van der Waals surface area contributed by atoms with Gasteiger partial charge in [0.25, 0.3) is 10.0 Å². The molecule has 0 N–H and O–H groups in total. The molecule has 0 unspecified atom stereocenters. The van der Waals surface area contributed by atoms with Crippen LogP contribution in [0, 0.1) is 5.92 Å². The maximum absolute atomic E-state index is 12.8. The van der Waals surface area contributed by atoms with E-state index in [-0.39, 0.29) is 10.5 Å². The summed E-state index contributed by atoms with van der Waals surface area (Å²) >= 11 is 0. The summed E-state index contributed by atoms with van der Waals surface area (Å²) in [5, 5.41) is 0. The minimum absolute atomic E-state index is 0.0529. The van der Waals surface area contributed by atoms with Gasteiger partial charge in [-0.15, -0.1) is 0 Å². The van der Waals surface area contributed by atoms with Crippen LogP contribution in [0.1, 0.15) is 30.6 Å². The average molecular weight is 361 g/mol. The van der Waals surface area contributed by atoms with Gasteiger partial charge in [-0.3, -0.25) is 4.31 Å². The molecule has 25 heavy (non-hydrogen) atoms. The van der Waals surface area contributed by atoms with Gasteiger partial charge in [0.1, 0.15) is 0 Å². The number of ether oxygens (including phenoxy) is 1. The fourth-order valence-corrected chi connectivity index (χ4v) is 3.43. The second-order valence-electron chi connectivity index (χ2n) is 6.15. The highest BCUT2D eigenvalue weighted by atomic mass is 32.2. The predicted octanol–water partition coefficient (Wildman–Crippen LogP) is 3.71. The van der Waals surface area contributed by atoms with Crippen LogP contribution < -0.4 is 4.31 Å². The standard InChI is InChI=1S/C19H23NO4S/c1-15(2)12-13-24-19(21)16-8-7-11-18(14-16)25(22,23)20(3)17-9-5-4-6-10-17/h4-11,14-15H,12-13H2,1-3H3. The van der Waals surface area contributed by atoms with Crippen molar-refractivity contribution in [1.82, 2.24) is 0 Å². The Bertz CT molecular complexity index is 816. The normalized spacial score (nSPS) is 11.4. The van der Waals surface area contributed by atoms with Gasteiger partial charge in [0.05, 0.1) is 22.8 Å². The van der Waals surface area contributed by atoms with Gasteiger partial charge in [0, 0.05) is 7.05 Å². The Morgan fingerprint density at radius 2 is 1.76 bits per heavy atom. The number of anilines is 1. The predicted molar refractivity (Wildman–Crippen MR) is 98.2 cm³/mol. The molecule has 0 aliphatic rings. The molecule has 0 atom stereocenters. The quantitative estimate of drug-likeness (QED) is 0.705. The highest BCUT2D eigenvalue weighted by Gasteiger charge is 2.22. The Morgan fingerprint density at radius 3 is 2.40 bits per heavy atom. The SMILES string of the molecule is CC(C)CCOC(=O)c1cccc(S(=O)(=O)N(C)c2ccccc2)c1. The van der Waals surface area contributed by atoms with Gasteiger partial charge in [-0.1, -0.05) is 38.1 Å².